The van der Waals surface area contributed by atoms with Crippen LogP contribution in [0.4, 0.5) is 16.3 Å². The first kappa shape index (κ1) is 18.9. The molecule has 3 heterocycles. The highest BCUT2D eigenvalue weighted by Crippen LogP contribution is 2.37. The molecule has 1 fully saturated rings. The van der Waals surface area contributed by atoms with Crippen molar-refractivity contribution in [2.75, 3.05) is 23.3 Å². The van der Waals surface area contributed by atoms with Gasteiger partial charge in [-0.1, -0.05) is 12.1 Å². The molecule has 150 valence electrons. The number of nitrogens with zero attached hydrogens (tertiary/aromatic N) is 3. The van der Waals surface area contributed by atoms with Gasteiger partial charge in [0.15, 0.2) is 0 Å². The number of carboxylic acid groups (broad SMARTS) is 1. The molecule has 29 heavy (non-hydrogen) atoms. The Bertz CT molecular complexity index is 990. The van der Waals surface area contributed by atoms with Crippen LogP contribution in [0.2, 0.25) is 0 Å². The van der Waals surface area contributed by atoms with Crippen molar-refractivity contribution in [2.45, 2.75) is 32.2 Å². The molecule has 1 aromatic heterocycles. The number of nitrogens with one attached hydrogen (secondary N) is 1. The van der Waals surface area contributed by atoms with Crippen molar-refractivity contribution < 1.29 is 19.5 Å². The molecule has 0 saturated carbocycles. The SMILES string of the molecule is CC(=O)Nc1cc(-c2cccc3c2CCN3C(=O)C2CCCN2C(=O)O)ccn1. The van der Waals surface area contributed by atoms with Crippen LogP contribution >= 0.6 is 0 Å². The van der Waals surface area contributed by atoms with E-state index >= 15 is 0 Å². The van der Waals surface area contributed by atoms with Crippen LogP contribution in [0.25, 0.3) is 11.1 Å². The highest BCUT2D eigenvalue weighted by molar-refractivity contribution is 6.01. The molecule has 1 unspecified atom stereocenters. The molecular formula is C21H22N4O4. The second-order valence-electron chi connectivity index (χ2n) is 7.29. The molecule has 1 aromatic carbocycles. The van der Waals surface area contributed by atoms with E-state index in [1.807, 2.05) is 30.3 Å². The number of fused-ring (bicyclic) bond motifs is 1. The number of pyridine rings is 1. The van der Waals surface area contributed by atoms with Gasteiger partial charge in [-0.25, -0.2) is 9.78 Å². The average Bonchev–Trinajstić information content (AvgIpc) is 3.34. The number of hydrogen-bond donors (Lipinski definition) is 2. The minimum atomic E-state index is -1.05. The fraction of sp³-hybridized carbons (Fsp3) is 0.333. The molecule has 4 rings (SSSR count). The molecule has 8 nitrogen and oxygen atoms in total. The van der Waals surface area contributed by atoms with E-state index in [4.69, 9.17) is 0 Å². The fourth-order valence-electron chi connectivity index (χ4n) is 4.21. The van der Waals surface area contributed by atoms with E-state index in [1.165, 1.54) is 11.8 Å². The molecule has 2 aromatic rings. The summed E-state index contributed by atoms with van der Waals surface area (Å²) < 4.78 is 0. The van der Waals surface area contributed by atoms with E-state index in [1.54, 1.807) is 11.1 Å². The van der Waals surface area contributed by atoms with Gasteiger partial charge >= 0.3 is 6.09 Å². The van der Waals surface area contributed by atoms with Crippen LogP contribution in [0, 0.1) is 0 Å². The first-order valence-electron chi connectivity index (χ1n) is 9.62. The Hall–Kier alpha value is -3.42. The Labute approximate surface area is 168 Å². The summed E-state index contributed by atoms with van der Waals surface area (Å²) in [5, 5.41) is 12.1. The van der Waals surface area contributed by atoms with E-state index in [0.29, 0.717) is 38.2 Å². The number of aromatic nitrogens is 1. The maximum Gasteiger partial charge on any atom is 0.407 e. The summed E-state index contributed by atoms with van der Waals surface area (Å²) in [5.74, 6) is 0.125. The van der Waals surface area contributed by atoms with Crippen LogP contribution in [0.1, 0.15) is 25.3 Å². The Kier molecular flexibility index (Phi) is 4.92. The number of amides is 3. The topological polar surface area (TPSA) is 103 Å². The predicted molar refractivity (Wildman–Crippen MR) is 108 cm³/mol. The zero-order chi connectivity index (χ0) is 20.5. The monoisotopic (exact) mass is 394 g/mol. The third-order valence-corrected chi connectivity index (χ3v) is 5.45. The lowest BCUT2D eigenvalue weighted by Gasteiger charge is -2.26. The molecule has 0 radical (unpaired) electrons. The molecule has 2 N–H and O–H groups in total. The lowest BCUT2D eigenvalue weighted by atomic mass is 9.98. The van der Waals surface area contributed by atoms with Crippen LogP contribution in [-0.2, 0) is 16.0 Å². The van der Waals surface area contributed by atoms with Crippen molar-refractivity contribution in [3.8, 4) is 11.1 Å². The third-order valence-electron chi connectivity index (χ3n) is 5.45. The first-order chi connectivity index (χ1) is 14.0. The molecule has 8 heteroatoms. The summed E-state index contributed by atoms with van der Waals surface area (Å²) in [6.07, 6.45) is 2.54. The van der Waals surface area contributed by atoms with Gasteiger partial charge < -0.3 is 15.3 Å². The normalized spacial score (nSPS) is 17.9. The summed E-state index contributed by atoms with van der Waals surface area (Å²) in [7, 11) is 0. The number of carbonyl (C=O) groups is 3. The molecular weight excluding hydrogens is 372 g/mol. The lowest BCUT2D eigenvalue weighted by Crippen LogP contribution is -2.47. The number of hydrogen-bond acceptors (Lipinski definition) is 4. The van der Waals surface area contributed by atoms with E-state index in [2.05, 4.69) is 10.3 Å². The highest BCUT2D eigenvalue weighted by atomic mass is 16.4. The Morgan fingerprint density at radius 3 is 2.79 bits per heavy atom. The molecule has 3 amide bonds. The largest absolute Gasteiger partial charge is 0.465 e. The van der Waals surface area contributed by atoms with Gasteiger partial charge in [-0.15, -0.1) is 0 Å². The number of rotatable bonds is 3. The van der Waals surface area contributed by atoms with Crippen LogP contribution < -0.4 is 10.2 Å². The van der Waals surface area contributed by atoms with Crippen molar-refractivity contribution in [2.24, 2.45) is 0 Å². The Balaban J connectivity index is 1.65. The number of likely N-dealkylation sites (tertiary alicyclic amines) is 1. The second-order valence-corrected chi connectivity index (χ2v) is 7.29. The summed E-state index contributed by atoms with van der Waals surface area (Å²) in [5.41, 5.74) is 3.75. The highest BCUT2D eigenvalue weighted by Gasteiger charge is 2.39. The fourth-order valence-corrected chi connectivity index (χ4v) is 4.21. The van der Waals surface area contributed by atoms with Gasteiger partial charge in [0.1, 0.15) is 11.9 Å². The van der Waals surface area contributed by atoms with Crippen molar-refractivity contribution in [3.63, 3.8) is 0 Å². The van der Waals surface area contributed by atoms with Crippen molar-refractivity contribution in [1.82, 2.24) is 9.88 Å². The van der Waals surface area contributed by atoms with Crippen molar-refractivity contribution in [1.29, 1.82) is 0 Å². The smallest absolute Gasteiger partial charge is 0.407 e. The summed E-state index contributed by atoms with van der Waals surface area (Å²) >= 11 is 0. The summed E-state index contributed by atoms with van der Waals surface area (Å²) in [6, 6.07) is 8.84. The third kappa shape index (κ3) is 3.53. The van der Waals surface area contributed by atoms with Crippen LogP contribution in [0.3, 0.4) is 0 Å². The molecule has 2 aliphatic heterocycles. The summed E-state index contributed by atoms with van der Waals surface area (Å²) in [6.45, 7) is 2.36. The van der Waals surface area contributed by atoms with Gasteiger partial charge in [0.05, 0.1) is 0 Å². The van der Waals surface area contributed by atoms with Crippen LogP contribution in [0.5, 0.6) is 0 Å². The predicted octanol–water partition coefficient (Wildman–Crippen LogP) is 2.74. The zero-order valence-corrected chi connectivity index (χ0v) is 16.1. The second kappa shape index (κ2) is 7.54. The van der Waals surface area contributed by atoms with Gasteiger partial charge in [0.2, 0.25) is 11.8 Å². The van der Waals surface area contributed by atoms with Gasteiger partial charge in [-0.3, -0.25) is 14.5 Å². The summed E-state index contributed by atoms with van der Waals surface area (Å²) in [4.78, 5) is 43.0. The molecule has 0 spiro atoms. The maximum absolute atomic E-state index is 13.1. The first-order valence-corrected chi connectivity index (χ1v) is 9.62. The maximum atomic E-state index is 13.1. The standard InChI is InChI=1S/C21H22N4O4/c1-13(26)23-19-12-14(7-9-22-19)15-4-2-5-17-16(15)8-11-24(17)20(27)18-6-3-10-25(18)21(28)29/h2,4-5,7,9,12,18H,3,6,8,10-11H2,1H3,(H,28,29)(H,22,23,26). The Morgan fingerprint density at radius 2 is 2.03 bits per heavy atom. The molecule has 1 saturated heterocycles. The Morgan fingerprint density at radius 1 is 1.21 bits per heavy atom. The van der Waals surface area contributed by atoms with Crippen molar-refractivity contribution in [3.05, 3.63) is 42.1 Å². The minimum absolute atomic E-state index is 0.158. The van der Waals surface area contributed by atoms with Gasteiger partial charge in [0, 0.05) is 31.9 Å². The van der Waals surface area contributed by atoms with E-state index < -0.39 is 12.1 Å². The van der Waals surface area contributed by atoms with Crippen molar-refractivity contribution >= 4 is 29.4 Å². The van der Waals surface area contributed by atoms with Crippen LogP contribution in [0.15, 0.2) is 36.5 Å². The molecule has 1 atom stereocenters. The van der Waals surface area contributed by atoms with E-state index in [9.17, 15) is 19.5 Å². The molecule has 0 aliphatic carbocycles. The van der Waals surface area contributed by atoms with E-state index in [0.717, 1.165) is 22.4 Å². The molecule has 2 aliphatic rings. The van der Waals surface area contributed by atoms with Gasteiger partial charge in [-0.2, -0.15) is 0 Å². The molecule has 0 bridgehead atoms. The van der Waals surface area contributed by atoms with Gasteiger partial charge in [0.25, 0.3) is 0 Å². The van der Waals surface area contributed by atoms with Crippen LogP contribution in [-0.4, -0.2) is 52.0 Å². The van der Waals surface area contributed by atoms with E-state index in [-0.39, 0.29) is 11.8 Å². The quantitative estimate of drug-likeness (QED) is 0.833. The number of benzene rings is 1. The average molecular weight is 394 g/mol. The zero-order valence-electron chi connectivity index (χ0n) is 16.1. The minimum Gasteiger partial charge on any atom is -0.465 e. The number of anilines is 2. The lowest BCUT2D eigenvalue weighted by molar-refractivity contribution is -0.122. The number of carbonyl (C=O) groups excluding carboxylic acids is 2. The van der Waals surface area contributed by atoms with Gasteiger partial charge in [-0.05, 0) is 54.2 Å².